The first-order valence-electron chi connectivity index (χ1n) is 4.32. The molecule has 3 nitrogen and oxygen atoms in total. The Hall–Kier alpha value is -0.900. The van der Waals surface area contributed by atoms with Gasteiger partial charge in [-0.05, 0) is 25.6 Å². The van der Waals surface area contributed by atoms with Crippen LogP contribution in [0.1, 0.15) is 20.3 Å². The van der Waals surface area contributed by atoms with E-state index < -0.39 is 0 Å². The molecule has 0 saturated carbocycles. The second kappa shape index (κ2) is 3.87. The predicted molar refractivity (Wildman–Crippen MR) is 56.3 cm³/mol. The monoisotopic (exact) mass is 198 g/mol. The van der Waals surface area contributed by atoms with Gasteiger partial charge in [-0.15, -0.1) is 0 Å². The number of thiocarbonyl (C=S) groups is 1. The normalized spacial score (nSPS) is 22.0. The molecule has 0 bridgehead atoms. The van der Waals surface area contributed by atoms with Gasteiger partial charge in [-0.3, -0.25) is 9.69 Å². The van der Waals surface area contributed by atoms with Crippen LogP contribution in [0.5, 0.6) is 0 Å². The van der Waals surface area contributed by atoms with Crippen LogP contribution in [0.4, 0.5) is 0 Å². The lowest BCUT2D eigenvalue weighted by Crippen LogP contribution is -2.32. The minimum atomic E-state index is -0.133. The SMILES string of the molecule is C=C(C)CN1C(=O)C(CC)NC1=S. The summed E-state index contributed by atoms with van der Waals surface area (Å²) in [6, 6.07) is -0.133. The highest BCUT2D eigenvalue weighted by atomic mass is 32.1. The molecule has 0 radical (unpaired) electrons. The molecular formula is C9H14N2OS. The number of nitrogens with one attached hydrogen (secondary N) is 1. The molecule has 0 aromatic rings. The van der Waals surface area contributed by atoms with Gasteiger partial charge in [0, 0.05) is 6.54 Å². The highest BCUT2D eigenvalue weighted by molar-refractivity contribution is 7.80. The van der Waals surface area contributed by atoms with Gasteiger partial charge in [-0.2, -0.15) is 0 Å². The average Bonchev–Trinajstić information content (AvgIpc) is 2.31. The van der Waals surface area contributed by atoms with Crippen molar-refractivity contribution in [3.8, 4) is 0 Å². The lowest BCUT2D eigenvalue weighted by atomic mass is 10.2. The number of rotatable bonds is 3. The fourth-order valence-corrected chi connectivity index (χ4v) is 1.57. The Labute approximate surface area is 83.8 Å². The van der Waals surface area contributed by atoms with Crippen LogP contribution >= 0.6 is 12.2 Å². The van der Waals surface area contributed by atoms with Gasteiger partial charge in [0.25, 0.3) is 5.91 Å². The van der Waals surface area contributed by atoms with E-state index in [-0.39, 0.29) is 11.9 Å². The highest BCUT2D eigenvalue weighted by Gasteiger charge is 2.33. The topological polar surface area (TPSA) is 32.3 Å². The molecule has 72 valence electrons. The fourth-order valence-electron chi connectivity index (χ4n) is 1.27. The summed E-state index contributed by atoms with van der Waals surface area (Å²) in [5.74, 6) is 0.0653. The third-order valence-corrected chi connectivity index (χ3v) is 2.28. The summed E-state index contributed by atoms with van der Waals surface area (Å²) in [6.07, 6.45) is 0.770. The van der Waals surface area contributed by atoms with Gasteiger partial charge in [0.15, 0.2) is 5.11 Å². The molecule has 1 amide bonds. The van der Waals surface area contributed by atoms with Gasteiger partial charge < -0.3 is 5.32 Å². The Balaban J connectivity index is 2.70. The molecule has 1 atom stereocenters. The van der Waals surface area contributed by atoms with Gasteiger partial charge in [-0.25, -0.2) is 0 Å². The number of hydrogen-bond donors (Lipinski definition) is 1. The zero-order valence-corrected chi connectivity index (χ0v) is 8.78. The minimum Gasteiger partial charge on any atom is -0.350 e. The van der Waals surface area contributed by atoms with Crippen LogP contribution in [-0.4, -0.2) is 28.5 Å². The van der Waals surface area contributed by atoms with Crippen molar-refractivity contribution in [2.75, 3.05) is 6.54 Å². The molecule has 1 unspecified atom stereocenters. The summed E-state index contributed by atoms with van der Waals surface area (Å²) >= 11 is 5.03. The van der Waals surface area contributed by atoms with Gasteiger partial charge in [0.2, 0.25) is 0 Å². The summed E-state index contributed by atoms with van der Waals surface area (Å²) < 4.78 is 0. The summed E-state index contributed by atoms with van der Waals surface area (Å²) in [5.41, 5.74) is 0.939. The lowest BCUT2D eigenvalue weighted by Gasteiger charge is -2.13. The van der Waals surface area contributed by atoms with Crippen LogP contribution < -0.4 is 5.32 Å². The highest BCUT2D eigenvalue weighted by Crippen LogP contribution is 2.10. The largest absolute Gasteiger partial charge is 0.350 e. The number of amides is 1. The van der Waals surface area contributed by atoms with E-state index in [2.05, 4.69) is 11.9 Å². The van der Waals surface area contributed by atoms with Crippen molar-refractivity contribution in [2.24, 2.45) is 0 Å². The van der Waals surface area contributed by atoms with E-state index in [1.54, 1.807) is 4.90 Å². The maximum absolute atomic E-state index is 11.6. The van der Waals surface area contributed by atoms with Crippen LogP contribution in [0.3, 0.4) is 0 Å². The van der Waals surface area contributed by atoms with Crippen molar-refractivity contribution in [3.63, 3.8) is 0 Å². The smallest absolute Gasteiger partial charge is 0.251 e. The predicted octanol–water partition coefficient (Wildman–Crippen LogP) is 1.06. The van der Waals surface area contributed by atoms with E-state index in [1.807, 2.05) is 13.8 Å². The third-order valence-electron chi connectivity index (χ3n) is 1.94. The van der Waals surface area contributed by atoms with E-state index in [4.69, 9.17) is 12.2 Å². The first kappa shape index (κ1) is 10.2. The van der Waals surface area contributed by atoms with Crippen molar-refractivity contribution in [2.45, 2.75) is 26.3 Å². The first-order valence-corrected chi connectivity index (χ1v) is 4.73. The summed E-state index contributed by atoms with van der Waals surface area (Å²) in [5, 5.41) is 3.50. The standard InChI is InChI=1S/C9H14N2OS/c1-4-7-8(12)11(5-6(2)3)9(13)10-7/h7H,2,4-5H2,1,3H3,(H,10,13). The number of hydrogen-bond acceptors (Lipinski definition) is 2. The Morgan fingerprint density at radius 2 is 2.38 bits per heavy atom. The molecule has 1 aliphatic heterocycles. The second-order valence-corrected chi connectivity index (χ2v) is 3.68. The number of nitrogens with zero attached hydrogens (tertiary/aromatic N) is 1. The van der Waals surface area contributed by atoms with Crippen molar-refractivity contribution in [3.05, 3.63) is 12.2 Å². The molecule has 0 aromatic heterocycles. The van der Waals surface area contributed by atoms with Crippen LogP contribution in [0.15, 0.2) is 12.2 Å². The van der Waals surface area contributed by atoms with E-state index >= 15 is 0 Å². The van der Waals surface area contributed by atoms with Crippen molar-refractivity contribution < 1.29 is 4.79 Å². The molecule has 1 saturated heterocycles. The van der Waals surface area contributed by atoms with E-state index in [0.717, 1.165) is 12.0 Å². The van der Waals surface area contributed by atoms with Gasteiger partial charge in [0.1, 0.15) is 6.04 Å². The van der Waals surface area contributed by atoms with Crippen LogP contribution in [-0.2, 0) is 4.79 Å². The van der Waals surface area contributed by atoms with Crippen LogP contribution in [0.25, 0.3) is 0 Å². The maximum atomic E-state index is 11.6. The Kier molecular flexibility index (Phi) is 3.03. The molecule has 4 heteroatoms. The summed E-state index contributed by atoms with van der Waals surface area (Å²) in [7, 11) is 0. The molecule has 1 fully saturated rings. The summed E-state index contributed by atoms with van der Waals surface area (Å²) in [6.45, 7) is 8.13. The molecular weight excluding hydrogens is 184 g/mol. The lowest BCUT2D eigenvalue weighted by molar-refractivity contribution is -0.126. The van der Waals surface area contributed by atoms with Crippen molar-refractivity contribution in [1.82, 2.24) is 10.2 Å². The Morgan fingerprint density at radius 3 is 2.77 bits per heavy atom. The molecule has 0 aromatic carbocycles. The quantitative estimate of drug-likeness (QED) is 0.543. The zero-order valence-electron chi connectivity index (χ0n) is 7.96. The molecule has 1 heterocycles. The van der Waals surface area contributed by atoms with E-state index in [9.17, 15) is 4.79 Å². The van der Waals surface area contributed by atoms with Crippen molar-refractivity contribution in [1.29, 1.82) is 0 Å². The fraction of sp³-hybridized carbons (Fsp3) is 0.556. The Bertz CT molecular complexity index is 262. The van der Waals surface area contributed by atoms with Gasteiger partial charge in [0.05, 0.1) is 0 Å². The van der Waals surface area contributed by atoms with E-state index in [1.165, 1.54) is 0 Å². The average molecular weight is 198 g/mol. The van der Waals surface area contributed by atoms with Gasteiger partial charge in [-0.1, -0.05) is 19.1 Å². The molecule has 0 spiro atoms. The van der Waals surface area contributed by atoms with Gasteiger partial charge >= 0.3 is 0 Å². The van der Waals surface area contributed by atoms with Crippen LogP contribution in [0.2, 0.25) is 0 Å². The number of carbonyl (C=O) groups excluding carboxylic acids is 1. The maximum Gasteiger partial charge on any atom is 0.251 e. The third kappa shape index (κ3) is 2.06. The molecule has 13 heavy (non-hydrogen) atoms. The first-order chi connectivity index (χ1) is 6.06. The zero-order chi connectivity index (χ0) is 10.0. The molecule has 1 N–H and O–H groups in total. The summed E-state index contributed by atoms with van der Waals surface area (Å²) in [4.78, 5) is 13.2. The minimum absolute atomic E-state index is 0.0653. The molecule has 1 aliphatic rings. The molecule has 0 aliphatic carbocycles. The number of carbonyl (C=O) groups is 1. The van der Waals surface area contributed by atoms with E-state index in [0.29, 0.717) is 11.7 Å². The molecule has 1 rings (SSSR count). The second-order valence-electron chi connectivity index (χ2n) is 3.29. The van der Waals surface area contributed by atoms with Crippen LogP contribution in [0, 0.1) is 0 Å². The Morgan fingerprint density at radius 1 is 1.77 bits per heavy atom. The van der Waals surface area contributed by atoms with Crippen molar-refractivity contribution >= 4 is 23.2 Å².